The topological polar surface area (TPSA) is 0 Å². The van der Waals surface area contributed by atoms with Crippen molar-refractivity contribution in [3.8, 4) is 0 Å². The second kappa shape index (κ2) is 10.4. The Kier molecular flexibility index (Phi) is 9.52. The van der Waals surface area contributed by atoms with Crippen LogP contribution in [-0.4, -0.2) is 0 Å². The SMILES string of the molecule is C=C/C(=C\C(=C)C)CC.CCc1ccccc1CC. The predicted molar refractivity (Wildman–Crippen MR) is 88.6 cm³/mol. The molecule has 19 heavy (non-hydrogen) atoms. The van der Waals surface area contributed by atoms with Gasteiger partial charge in [0.25, 0.3) is 0 Å². The van der Waals surface area contributed by atoms with E-state index in [9.17, 15) is 0 Å². The van der Waals surface area contributed by atoms with Crippen LogP contribution >= 0.6 is 0 Å². The lowest BCUT2D eigenvalue weighted by atomic mass is 10.0. The predicted octanol–water partition coefficient (Wildman–Crippen LogP) is 5.90. The molecule has 0 unspecified atom stereocenters. The van der Waals surface area contributed by atoms with Gasteiger partial charge in [-0.15, -0.1) is 0 Å². The number of allylic oxidation sites excluding steroid dienone is 4. The molecule has 0 spiro atoms. The third kappa shape index (κ3) is 7.46. The third-order valence-electron chi connectivity index (χ3n) is 2.98. The summed E-state index contributed by atoms with van der Waals surface area (Å²) < 4.78 is 0. The van der Waals surface area contributed by atoms with Crippen molar-refractivity contribution in [2.45, 2.75) is 47.0 Å². The molecule has 0 aliphatic rings. The molecule has 0 saturated carbocycles. The molecule has 0 amide bonds. The summed E-state index contributed by atoms with van der Waals surface area (Å²) in [5.41, 5.74) is 5.32. The summed E-state index contributed by atoms with van der Waals surface area (Å²) in [7, 11) is 0. The van der Waals surface area contributed by atoms with E-state index in [1.807, 2.05) is 19.1 Å². The first-order chi connectivity index (χ1) is 9.08. The lowest BCUT2D eigenvalue weighted by Gasteiger charge is -2.02. The Labute approximate surface area is 119 Å². The average Bonchev–Trinajstić information content (AvgIpc) is 2.45. The number of hydrogen-bond acceptors (Lipinski definition) is 0. The fourth-order valence-corrected chi connectivity index (χ4v) is 1.87. The summed E-state index contributed by atoms with van der Waals surface area (Å²) in [5, 5.41) is 0. The fourth-order valence-electron chi connectivity index (χ4n) is 1.87. The van der Waals surface area contributed by atoms with Crippen LogP contribution < -0.4 is 0 Å². The van der Waals surface area contributed by atoms with Crippen molar-refractivity contribution in [3.63, 3.8) is 0 Å². The molecule has 0 aliphatic carbocycles. The summed E-state index contributed by atoms with van der Waals surface area (Å²) in [6, 6.07) is 8.63. The molecule has 1 aromatic rings. The highest BCUT2D eigenvalue weighted by Gasteiger charge is 1.93. The number of hydrogen-bond donors (Lipinski definition) is 0. The zero-order valence-corrected chi connectivity index (χ0v) is 13.0. The van der Waals surface area contributed by atoms with Crippen LogP contribution in [-0.2, 0) is 12.8 Å². The van der Waals surface area contributed by atoms with Crippen LogP contribution in [0.25, 0.3) is 0 Å². The lowest BCUT2D eigenvalue weighted by Crippen LogP contribution is -1.88. The Bertz CT molecular complexity index is 398. The molecule has 0 aromatic heterocycles. The molecule has 1 aromatic carbocycles. The van der Waals surface area contributed by atoms with Gasteiger partial charge in [0.15, 0.2) is 0 Å². The minimum Gasteiger partial charge on any atom is -0.0988 e. The second-order valence-electron chi connectivity index (χ2n) is 4.60. The highest BCUT2D eigenvalue weighted by atomic mass is 14.0. The maximum Gasteiger partial charge on any atom is -0.0305 e. The van der Waals surface area contributed by atoms with Crippen LogP contribution in [0.4, 0.5) is 0 Å². The van der Waals surface area contributed by atoms with Gasteiger partial charge in [-0.25, -0.2) is 0 Å². The van der Waals surface area contributed by atoms with E-state index in [1.165, 1.54) is 16.7 Å². The number of benzene rings is 1. The average molecular weight is 256 g/mol. The molecule has 104 valence electrons. The van der Waals surface area contributed by atoms with Crippen molar-refractivity contribution in [1.82, 2.24) is 0 Å². The second-order valence-corrected chi connectivity index (χ2v) is 4.60. The highest BCUT2D eigenvalue weighted by Crippen LogP contribution is 2.09. The largest absolute Gasteiger partial charge is 0.0988 e. The van der Waals surface area contributed by atoms with Crippen LogP contribution in [0.3, 0.4) is 0 Å². The zero-order chi connectivity index (χ0) is 14.7. The van der Waals surface area contributed by atoms with E-state index < -0.39 is 0 Å². The van der Waals surface area contributed by atoms with E-state index in [0.717, 1.165) is 24.8 Å². The van der Waals surface area contributed by atoms with Crippen LogP contribution in [0.2, 0.25) is 0 Å². The summed E-state index contributed by atoms with van der Waals surface area (Å²) in [5.74, 6) is 0. The van der Waals surface area contributed by atoms with Gasteiger partial charge in [0.1, 0.15) is 0 Å². The van der Waals surface area contributed by atoms with Crippen molar-refractivity contribution in [1.29, 1.82) is 0 Å². The van der Waals surface area contributed by atoms with E-state index in [2.05, 4.69) is 58.2 Å². The first-order valence-electron chi connectivity index (χ1n) is 7.14. The molecule has 0 aliphatic heterocycles. The van der Waals surface area contributed by atoms with Crippen molar-refractivity contribution in [2.24, 2.45) is 0 Å². The van der Waals surface area contributed by atoms with E-state index in [1.54, 1.807) is 0 Å². The first kappa shape index (κ1) is 17.4. The Balaban J connectivity index is 0.000000344. The Morgan fingerprint density at radius 3 is 1.74 bits per heavy atom. The number of aryl methyl sites for hydroxylation is 2. The molecule has 0 nitrogen and oxygen atoms in total. The summed E-state index contributed by atoms with van der Waals surface area (Å²) in [4.78, 5) is 0. The van der Waals surface area contributed by atoms with Gasteiger partial charge in [0.05, 0.1) is 0 Å². The zero-order valence-electron chi connectivity index (χ0n) is 13.0. The highest BCUT2D eigenvalue weighted by molar-refractivity contribution is 5.26. The normalized spacial score (nSPS) is 10.4. The van der Waals surface area contributed by atoms with E-state index in [-0.39, 0.29) is 0 Å². The van der Waals surface area contributed by atoms with Crippen LogP contribution in [0.15, 0.2) is 60.7 Å². The summed E-state index contributed by atoms with van der Waals surface area (Å²) in [6.07, 6.45) is 7.27. The Hall–Kier alpha value is -1.56. The Morgan fingerprint density at radius 2 is 1.53 bits per heavy atom. The molecular weight excluding hydrogens is 228 g/mol. The molecule has 0 fully saturated rings. The van der Waals surface area contributed by atoms with Gasteiger partial charge in [0.2, 0.25) is 0 Å². The molecule has 0 radical (unpaired) electrons. The lowest BCUT2D eigenvalue weighted by molar-refractivity contribution is 1.04. The molecule has 0 heteroatoms. The molecule has 0 bridgehead atoms. The van der Waals surface area contributed by atoms with Crippen molar-refractivity contribution in [3.05, 3.63) is 71.8 Å². The summed E-state index contributed by atoms with van der Waals surface area (Å²) >= 11 is 0. The molecule has 0 N–H and O–H groups in total. The van der Waals surface area contributed by atoms with Crippen molar-refractivity contribution in [2.75, 3.05) is 0 Å². The summed E-state index contributed by atoms with van der Waals surface area (Å²) in [6.45, 7) is 15.9. The van der Waals surface area contributed by atoms with Crippen molar-refractivity contribution < 1.29 is 0 Å². The van der Waals surface area contributed by atoms with E-state index in [0.29, 0.717) is 0 Å². The maximum atomic E-state index is 3.77. The van der Waals surface area contributed by atoms with Gasteiger partial charge < -0.3 is 0 Å². The van der Waals surface area contributed by atoms with Crippen LogP contribution in [0.5, 0.6) is 0 Å². The monoisotopic (exact) mass is 256 g/mol. The molecule has 0 heterocycles. The smallest absolute Gasteiger partial charge is 0.0305 e. The van der Waals surface area contributed by atoms with Gasteiger partial charge in [-0.05, 0) is 42.9 Å². The fraction of sp³-hybridized carbons (Fsp3) is 0.368. The van der Waals surface area contributed by atoms with Crippen molar-refractivity contribution >= 4 is 0 Å². The van der Waals surface area contributed by atoms with Gasteiger partial charge in [-0.1, -0.05) is 75.9 Å². The van der Waals surface area contributed by atoms with Gasteiger partial charge in [-0.2, -0.15) is 0 Å². The van der Waals surface area contributed by atoms with Gasteiger partial charge >= 0.3 is 0 Å². The minimum absolute atomic E-state index is 1.04. The van der Waals surface area contributed by atoms with E-state index >= 15 is 0 Å². The minimum atomic E-state index is 1.04. The first-order valence-corrected chi connectivity index (χ1v) is 7.14. The maximum absolute atomic E-state index is 3.77. The molecule has 1 rings (SSSR count). The van der Waals surface area contributed by atoms with E-state index in [4.69, 9.17) is 0 Å². The molecule has 0 atom stereocenters. The third-order valence-corrected chi connectivity index (χ3v) is 2.98. The molecule has 0 saturated heterocycles. The van der Waals surface area contributed by atoms with Crippen LogP contribution in [0, 0.1) is 0 Å². The Morgan fingerprint density at radius 1 is 1.05 bits per heavy atom. The van der Waals surface area contributed by atoms with Gasteiger partial charge in [-0.3, -0.25) is 0 Å². The number of rotatable bonds is 5. The standard InChI is InChI=1S/C10H14.C9H14/c1-3-9-7-5-6-8-10(9)4-2;1-5-9(6-2)7-8(3)4/h5-8H,3-4H2,1-2H3;5,7H,1,3,6H2,2,4H3/b;9-7+. The molecular formula is C19H28. The quantitative estimate of drug-likeness (QED) is 0.576. The van der Waals surface area contributed by atoms with Gasteiger partial charge in [0, 0.05) is 0 Å². The van der Waals surface area contributed by atoms with Crippen LogP contribution in [0.1, 0.15) is 45.2 Å².